The fourth-order valence-electron chi connectivity index (χ4n) is 3.90. The molecule has 5 atom stereocenters. The number of halogens is 2. The molecule has 1 aromatic heterocycles. The molecule has 0 saturated heterocycles. The van der Waals surface area contributed by atoms with Crippen molar-refractivity contribution in [1.82, 2.24) is 15.3 Å². The second-order valence-corrected chi connectivity index (χ2v) is 6.22. The number of primary amides is 1. The van der Waals surface area contributed by atoms with E-state index in [1.54, 1.807) is 0 Å². The predicted molar refractivity (Wildman–Crippen MR) is 78.3 cm³/mol. The van der Waals surface area contributed by atoms with Crippen LogP contribution in [-0.4, -0.2) is 39.2 Å². The molecular weight excluding hydrogens is 329 g/mol. The van der Waals surface area contributed by atoms with E-state index >= 15 is 0 Å². The third kappa shape index (κ3) is 2.88. The molecule has 0 aromatic carbocycles. The molecule has 1 heterocycles. The van der Waals surface area contributed by atoms with Crippen LogP contribution >= 0.6 is 11.6 Å². The monoisotopic (exact) mass is 343 g/mol. The number of rotatable bonds is 4. The molecule has 10 heteroatoms. The lowest BCUT2D eigenvalue weighted by molar-refractivity contribution is -0.123. The number of fused-ring (bicyclic) bond motifs is 2. The van der Waals surface area contributed by atoms with Crippen LogP contribution in [-0.2, 0) is 4.79 Å². The quantitative estimate of drug-likeness (QED) is 0.599. The van der Waals surface area contributed by atoms with E-state index in [1.807, 2.05) is 0 Å². The molecule has 2 aliphatic carbocycles. The van der Waals surface area contributed by atoms with Crippen molar-refractivity contribution in [3.63, 3.8) is 0 Å². The standard InChI is InChI=1S/C13H15ClFN5O3/c14-12-17-3-6(15)11(20-12)19-9-5-1-4(8(9)10(16)21)2-7(5)18-13(22)23/h3-5,7-9,18H,1-2H2,(H2,16,21)(H,22,23)(H,17,19,20)/t4-,5+,7-,8+,9-/m1/s1. The molecule has 1 aromatic rings. The first-order valence-corrected chi connectivity index (χ1v) is 7.48. The van der Waals surface area contributed by atoms with Crippen LogP contribution in [0.5, 0.6) is 0 Å². The normalized spacial score (nSPS) is 31.8. The Bertz CT molecular complexity index is 660. The van der Waals surface area contributed by atoms with E-state index in [0.717, 1.165) is 6.20 Å². The number of amides is 2. The Hall–Kier alpha value is -2.16. The Labute approximate surface area is 135 Å². The van der Waals surface area contributed by atoms with Crippen LogP contribution in [0.2, 0.25) is 5.28 Å². The van der Waals surface area contributed by atoms with Gasteiger partial charge in [0.1, 0.15) is 0 Å². The molecule has 2 saturated carbocycles. The molecule has 2 bridgehead atoms. The SMILES string of the molecule is NC(=O)[C@H]1[C@@H]2C[C@H]([C@H]1Nc1nc(Cl)ncc1F)[C@H](NC(=O)O)C2. The van der Waals surface area contributed by atoms with Crippen molar-refractivity contribution in [2.75, 3.05) is 5.32 Å². The summed E-state index contributed by atoms with van der Waals surface area (Å²) in [6, 6.07) is -0.825. The van der Waals surface area contributed by atoms with E-state index in [9.17, 15) is 14.0 Å². The smallest absolute Gasteiger partial charge is 0.404 e. The van der Waals surface area contributed by atoms with Crippen LogP contribution in [0.4, 0.5) is 15.0 Å². The van der Waals surface area contributed by atoms with Gasteiger partial charge in [-0.25, -0.2) is 14.2 Å². The van der Waals surface area contributed by atoms with Gasteiger partial charge in [0.05, 0.1) is 12.1 Å². The number of nitrogens with one attached hydrogen (secondary N) is 2. The van der Waals surface area contributed by atoms with Crippen molar-refractivity contribution in [2.24, 2.45) is 23.5 Å². The molecule has 5 N–H and O–H groups in total. The summed E-state index contributed by atoms with van der Waals surface area (Å²) in [6.45, 7) is 0. The number of carbonyl (C=O) groups is 2. The van der Waals surface area contributed by atoms with Crippen molar-refractivity contribution in [2.45, 2.75) is 24.9 Å². The van der Waals surface area contributed by atoms with E-state index < -0.39 is 29.8 Å². The fourth-order valence-corrected chi connectivity index (χ4v) is 4.03. The molecule has 23 heavy (non-hydrogen) atoms. The summed E-state index contributed by atoms with van der Waals surface area (Å²) in [5, 5.41) is 14.1. The lowest BCUT2D eigenvalue weighted by Gasteiger charge is -2.34. The highest BCUT2D eigenvalue weighted by Crippen LogP contribution is 2.49. The number of anilines is 1. The van der Waals surface area contributed by atoms with E-state index in [2.05, 4.69) is 20.6 Å². The minimum Gasteiger partial charge on any atom is -0.465 e. The number of carboxylic acid groups (broad SMARTS) is 1. The average Bonchev–Trinajstić information content (AvgIpc) is 2.99. The second-order valence-electron chi connectivity index (χ2n) is 5.89. The molecule has 3 rings (SSSR count). The Kier molecular flexibility index (Phi) is 3.97. The minimum atomic E-state index is -1.13. The van der Waals surface area contributed by atoms with Crippen molar-refractivity contribution < 1.29 is 19.1 Å². The summed E-state index contributed by atoms with van der Waals surface area (Å²) in [5.41, 5.74) is 5.47. The number of nitrogens with two attached hydrogens (primary N) is 1. The molecule has 2 aliphatic rings. The topological polar surface area (TPSA) is 130 Å². The third-order valence-electron chi connectivity index (χ3n) is 4.66. The fraction of sp³-hybridized carbons (Fsp3) is 0.538. The summed E-state index contributed by atoms with van der Waals surface area (Å²) in [4.78, 5) is 30.0. The lowest BCUT2D eigenvalue weighted by Crippen LogP contribution is -2.51. The van der Waals surface area contributed by atoms with Crippen LogP contribution in [0.25, 0.3) is 0 Å². The Morgan fingerprint density at radius 3 is 2.83 bits per heavy atom. The number of aromatic nitrogens is 2. The molecule has 0 spiro atoms. The van der Waals surface area contributed by atoms with Crippen LogP contribution < -0.4 is 16.4 Å². The van der Waals surface area contributed by atoms with Crippen LogP contribution in [0.3, 0.4) is 0 Å². The molecular formula is C13H15ClFN5O3. The van der Waals surface area contributed by atoms with Crippen LogP contribution in [0, 0.1) is 23.6 Å². The van der Waals surface area contributed by atoms with Gasteiger partial charge in [0.15, 0.2) is 11.6 Å². The molecule has 2 fully saturated rings. The zero-order valence-electron chi connectivity index (χ0n) is 11.9. The first-order chi connectivity index (χ1) is 10.9. The van der Waals surface area contributed by atoms with Gasteiger partial charge in [-0.3, -0.25) is 4.79 Å². The van der Waals surface area contributed by atoms with E-state index in [0.29, 0.717) is 12.8 Å². The summed E-state index contributed by atoms with van der Waals surface area (Å²) in [6.07, 6.45) is 0.969. The zero-order valence-corrected chi connectivity index (χ0v) is 12.6. The van der Waals surface area contributed by atoms with Gasteiger partial charge in [0.25, 0.3) is 0 Å². The molecule has 2 amide bonds. The Morgan fingerprint density at radius 1 is 1.43 bits per heavy atom. The number of hydrogen-bond donors (Lipinski definition) is 4. The predicted octanol–water partition coefficient (Wildman–Crippen LogP) is 0.827. The largest absolute Gasteiger partial charge is 0.465 e. The van der Waals surface area contributed by atoms with Gasteiger partial charge in [0.2, 0.25) is 11.2 Å². The van der Waals surface area contributed by atoms with E-state index in [4.69, 9.17) is 22.4 Å². The third-order valence-corrected chi connectivity index (χ3v) is 4.84. The molecule has 0 aliphatic heterocycles. The molecule has 124 valence electrons. The van der Waals surface area contributed by atoms with E-state index in [-0.39, 0.29) is 29.0 Å². The van der Waals surface area contributed by atoms with Crippen LogP contribution in [0.15, 0.2) is 6.20 Å². The van der Waals surface area contributed by atoms with Gasteiger partial charge in [0, 0.05) is 18.0 Å². The number of nitrogens with zero attached hydrogens (tertiary/aromatic N) is 2. The van der Waals surface area contributed by atoms with Crippen molar-refractivity contribution in [3.8, 4) is 0 Å². The van der Waals surface area contributed by atoms with Gasteiger partial charge in [-0.05, 0) is 30.4 Å². The Balaban J connectivity index is 1.86. The zero-order chi connectivity index (χ0) is 16.7. The number of hydrogen-bond acceptors (Lipinski definition) is 5. The average molecular weight is 344 g/mol. The van der Waals surface area contributed by atoms with Gasteiger partial charge in [-0.2, -0.15) is 4.98 Å². The molecule has 0 radical (unpaired) electrons. The second kappa shape index (κ2) is 5.80. The van der Waals surface area contributed by atoms with E-state index in [1.165, 1.54) is 0 Å². The lowest BCUT2D eigenvalue weighted by atomic mass is 9.81. The summed E-state index contributed by atoms with van der Waals surface area (Å²) in [5.74, 6) is -2.07. The first-order valence-electron chi connectivity index (χ1n) is 7.10. The minimum absolute atomic E-state index is 0.0489. The van der Waals surface area contributed by atoms with Gasteiger partial charge in [-0.1, -0.05) is 0 Å². The van der Waals surface area contributed by atoms with Crippen molar-refractivity contribution in [1.29, 1.82) is 0 Å². The van der Waals surface area contributed by atoms with Crippen molar-refractivity contribution in [3.05, 3.63) is 17.3 Å². The van der Waals surface area contributed by atoms with Gasteiger partial charge >= 0.3 is 6.09 Å². The Morgan fingerprint density at radius 2 is 2.17 bits per heavy atom. The van der Waals surface area contributed by atoms with Crippen LogP contribution in [0.1, 0.15) is 12.8 Å². The maximum absolute atomic E-state index is 13.8. The highest BCUT2D eigenvalue weighted by molar-refractivity contribution is 6.28. The molecule has 8 nitrogen and oxygen atoms in total. The highest BCUT2D eigenvalue weighted by Gasteiger charge is 2.55. The maximum atomic E-state index is 13.8. The van der Waals surface area contributed by atoms with Gasteiger partial charge < -0.3 is 21.5 Å². The van der Waals surface area contributed by atoms with Gasteiger partial charge in [-0.15, -0.1) is 0 Å². The first kappa shape index (κ1) is 15.7. The molecule has 0 unspecified atom stereocenters. The van der Waals surface area contributed by atoms with Crippen molar-refractivity contribution >= 4 is 29.4 Å². The summed E-state index contributed by atoms with van der Waals surface area (Å²) >= 11 is 5.67. The highest BCUT2D eigenvalue weighted by atomic mass is 35.5. The summed E-state index contributed by atoms with van der Waals surface area (Å²) < 4.78 is 13.8. The maximum Gasteiger partial charge on any atom is 0.404 e. The number of carbonyl (C=O) groups excluding carboxylic acids is 1. The summed E-state index contributed by atoms with van der Waals surface area (Å²) in [7, 11) is 0.